The van der Waals surface area contributed by atoms with Crippen LogP contribution >= 0.6 is 23.4 Å². The third-order valence-corrected chi connectivity index (χ3v) is 5.69. The molecule has 0 aliphatic rings. The summed E-state index contributed by atoms with van der Waals surface area (Å²) >= 11 is 7.57. The molecule has 0 fully saturated rings. The second kappa shape index (κ2) is 8.95. The van der Waals surface area contributed by atoms with Gasteiger partial charge in [0.2, 0.25) is 0 Å². The van der Waals surface area contributed by atoms with Gasteiger partial charge in [-0.15, -0.1) is 0 Å². The zero-order valence-corrected chi connectivity index (χ0v) is 17.0. The SMILES string of the molecule is O=C(NN=Cc1ccccc1Sc1ccc(Cl)cc1)c1ccc2ccccc2c1. The summed E-state index contributed by atoms with van der Waals surface area (Å²) in [7, 11) is 0. The maximum atomic E-state index is 12.4. The first-order valence-electron chi connectivity index (χ1n) is 9.04. The van der Waals surface area contributed by atoms with E-state index in [1.165, 1.54) is 0 Å². The summed E-state index contributed by atoms with van der Waals surface area (Å²) in [6.45, 7) is 0. The summed E-state index contributed by atoms with van der Waals surface area (Å²) in [6, 6.07) is 29.1. The van der Waals surface area contributed by atoms with Crippen LogP contribution < -0.4 is 5.43 Å². The highest BCUT2D eigenvalue weighted by Crippen LogP contribution is 2.30. The lowest BCUT2D eigenvalue weighted by molar-refractivity contribution is 0.0955. The van der Waals surface area contributed by atoms with E-state index in [1.54, 1.807) is 24.0 Å². The fourth-order valence-electron chi connectivity index (χ4n) is 2.87. The van der Waals surface area contributed by atoms with E-state index in [-0.39, 0.29) is 5.91 Å². The number of nitrogens with zero attached hydrogens (tertiary/aromatic N) is 1. The summed E-state index contributed by atoms with van der Waals surface area (Å²) < 4.78 is 0. The average molecular weight is 417 g/mol. The van der Waals surface area contributed by atoms with E-state index in [4.69, 9.17) is 11.6 Å². The van der Waals surface area contributed by atoms with Gasteiger partial charge in [-0.05, 0) is 53.2 Å². The van der Waals surface area contributed by atoms with Crippen molar-refractivity contribution in [3.8, 4) is 0 Å². The summed E-state index contributed by atoms with van der Waals surface area (Å²) in [5, 5.41) is 6.98. The lowest BCUT2D eigenvalue weighted by Gasteiger charge is -2.06. The minimum Gasteiger partial charge on any atom is -0.267 e. The number of nitrogens with one attached hydrogen (secondary N) is 1. The van der Waals surface area contributed by atoms with Crippen LogP contribution in [-0.2, 0) is 0 Å². The van der Waals surface area contributed by atoms with Crippen LogP contribution in [0.25, 0.3) is 10.8 Å². The number of carbonyl (C=O) groups is 1. The van der Waals surface area contributed by atoms with Crippen molar-refractivity contribution in [3.63, 3.8) is 0 Å². The fourth-order valence-corrected chi connectivity index (χ4v) is 3.90. The predicted molar refractivity (Wildman–Crippen MR) is 121 cm³/mol. The van der Waals surface area contributed by atoms with E-state index in [1.807, 2.05) is 84.9 Å². The van der Waals surface area contributed by atoms with Gasteiger partial charge in [-0.2, -0.15) is 5.10 Å². The Labute approximate surface area is 178 Å². The fraction of sp³-hybridized carbons (Fsp3) is 0. The van der Waals surface area contributed by atoms with Gasteiger partial charge in [-0.3, -0.25) is 4.79 Å². The molecular formula is C24H17ClN2OS. The summed E-state index contributed by atoms with van der Waals surface area (Å²) in [5.74, 6) is -0.241. The Kier molecular flexibility index (Phi) is 5.94. The normalized spacial score (nSPS) is 11.1. The summed E-state index contributed by atoms with van der Waals surface area (Å²) in [5.41, 5.74) is 4.11. The Hall–Kier alpha value is -3.08. The van der Waals surface area contributed by atoms with E-state index in [9.17, 15) is 4.79 Å². The number of benzene rings is 4. The molecule has 0 heterocycles. The van der Waals surface area contributed by atoms with Gasteiger partial charge in [0, 0.05) is 25.9 Å². The van der Waals surface area contributed by atoms with Gasteiger partial charge in [0.25, 0.3) is 5.91 Å². The summed E-state index contributed by atoms with van der Waals surface area (Å²) in [6.07, 6.45) is 1.66. The molecule has 1 amide bonds. The smallest absolute Gasteiger partial charge is 0.267 e. The summed E-state index contributed by atoms with van der Waals surface area (Å²) in [4.78, 5) is 14.6. The minimum atomic E-state index is -0.241. The molecule has 0 aliphatic heterocycles. The number of amides is 1. The molecule has 0 unspecified atom stereocenters. The maximum Gasteiger partial charge on any atom is 0.271 e. The number of hydrogen-bond acceptors (Lipinski definition) is 3. The second-order valence-electron chi connectivity index (χ2n) is 6.35. The van der Waals surface area contributed by atoms with E-state index >= 15 is 0 Å². The highest BCUT2D eigenvalue weighted by atomic mass is 35.5. The largest absolute Gasteiger partial charge is 0.271 e. The van der Waals surface area contributed by atoms with Crippen LogP contribution in [0.4, 0.5) is 0 Å². The molecule has 4 aromatic rings. The Morgan fingerprint density at radius 1 is 0.862 bits per heavy atom. The van der Waals surface area contributed by atoms with Crippen molar-refractivity contribution >= 4 is 46.3 Å². The minimum absolute atomic E-state index is 0.241. The zero-order valence-electron chi connectivity index (χ0n) is 15.4. The van der Waals surface area contributed by atoms with Crippen LogP contribution in [0.2, 0.25) is 5.02 Å². The molecule has 0 spiro atoms. The number of halogens is 1. The van der Waals surface area contributed by atoms with Crippen molar-refractivity contribution in [2.45, 2.75) is 9.79 Å². The van der Waals surface area contributed by atoms with Crippen molar-refractivity contribution in [1.82, 2.24) is 5.43 Å². The van der Waals surface area contributed by atoms with Gasteiger partial charge in [0.1, 0.15) is 0 Å². The Bertz CT molecular complexity index is 1190. The standard InChI is InChI=1S/C24H17ClN2OS/c25-21-11-13-22(14-12-21)29-23-8-4-3-7-20(23)16-26-27-24(28)19-10-9-17-5-1-2-6-18(17)15-19/h1-16H,(H,27,28). The van der Waals surface area contributed by atoms with Crippen molar-refractivity contribution in [3.05, 3.63) is 107 Å². The van der Waals surface area contributed by atoms with Crippen molar-refractivity contribution < 1.29 is 4.79 Å². The van der Waals surface area contributed by atoms with Crippen molar-refractivity contribution in [2.75, 3.05) is 0 Å². The van der Waals surface area contributed by atoms with Crippen LogP contribution in [0.3, 0.4) is 0 Å². The average Bonchev–Trinajstić information content (AvgIpc) is 2.76. The number of fused-ring (bicyclic) bond motifs is 1. The van der Waals surface area contributed by atoms with Crippen molar-refractivity contribution in [2.24, 2.45) is 5.10 Å². The first-order chi connectivity index (χ1) is 14.2. The third kappa shape index (κ3) is 4.86. The molecule has 3 nitrogen and oxygen atoms in total. The molecule has 4 aromatic carbocycles. The molecule has 4 rings (SSSR count). The molecular weight excluding hydrogens is 400 g/mol. The molecule has 142 valence electrons. The molecule has 29 heavy (non-hydrogen) atoms. The molecule has 5 heteroatoms. The van der Waals surface area contributed by atoms with Crippen LogP contribution in [0.1, 0.15) is 15.9 Å². The highest BCUT2D eigenvalue weighted by molar-refractivity contribution is 7.99. The number of rotatable bonds is 5. The Morgan fingerprint density at radius 2 is 1.59 bits per heavy atom. The Morgan fingerprint density at radius 3 is 2.41 bits per heavy atom. The van der Waals surface area contributed by atoms with Crippen LogP contribution in [0, 0.1) is 0 Å². The topological polar surface area (TPSA) is 41.5 Å². The van der Waals surface area contributed by atoms with Gasteiger partial charge < -0.3 is 0 Å². The van der Waals surface area contributed by atoms with E-state index in [0.717, 1.165) is 26.1 Å². The van der Waals surface area contributed by atoms with Crippen LogP contribution in [-0.4, -0.2) is 12.1 Å². The highest BCUT2D eigenvalue weighted by Gasteiger charge is 2.06. The maximum absolute atomic E-state index is 12.4. The molecule has 0 saturated carbocycles. The molecule has 0 bridgehead atoms. The molecule has 1 N–H and O–H groups in total. The number of hydrogen-bond donors (Lipinski definition) is 1. The first kappa shape index (κ1) is 19.2. The monoisotopic (exact) mass is 416 g/mol. The molecule has 0 saturated heterocycles. The van der Waals surface area contributed by atoms with Gasteiger partial charge in [0.05, 0.1) is 6.21 Å². The lowest BCUT2D eigenvalue weighted by atomic mass is 10.1. The van der Waals surface area contributed by atoms with Gasteiger partial charge in [0.15, 0.2) is 0 Å². The zero-order chi connectivity index (χ0) is 20.1. The lowest BCUT2D eigenvalue weighted by Crippen LogP contribution is -2.17. The van der Waals surface area contributed by atoms with E-state index in [0.29, 0.717) is 10.6 Å². The second-order valence-corrected chi connectivity index (χ2v) is 7.91. The van der Waals surface area contributed by atoms with Gasteiger partial charge >= 0.3 is 0 Å². The van der Waals surface area contributed by atoms with E-state index in [2.05, 4.69) is 10.5 Å². The van der Waals surface area contributed by atoms with Crippen LogP contribution in [0.5, 0.6) is 0 Å². The van der Waals surface area contributed by atoms with Gasteiger partial charge in [-0.1, -0.05) is 71.9 Å². The number of hydrazone groups is 1. The molecule has 0 atom stereocenters. The predicted octanol–water partition coefficient (Wildman–Crippen LogP) is 6.41. The first-order valence-corrected chi connectivity index (χ1v) is 10.2. The molecule has 0 aromatic heterocycles. The third-order valence-electron chi connectivity index (χ3n) is 4.34. The quantitative estimate of drug-likeness (QED) is 0.301. The number of carbonyl (C=O) groups excluding carboxylic acids is 1. The molecule has 0 radical (unpaired) electrons. The van der Waals surface area contributed by atoms with Crippen LogP contribution in [0.15, 0.2) is 106 Å². The van der Waals surface area contributed by atoms with E-state index < -0.39 is 0 Å². The Balaban J connectivity index is 1.47. The molecule has 0 aliphatic carbocycles. The van der Waals surface area contributed by atoms with Gasteiger partial charge in [-0.25, -0.2) is 5.43 Å². The van der Waals surface area contributed by atoms with Crippen molar-refractivity contribution in [1.29, 1.82) is 0 Å².